The summed E-state index contributed by atoms with van der Waals surface area (Å²) in [7, 11) is 0. The summed E-state index contributed by atoms with van der Waals surface area (Å²) in [5.74, 6) is 1.35. The zero-order chi connectivity index (χ0) is 30.8. The van der Waals surface area contributed by atoms with Crippen LogP contribution >= 0.6 is 0 Å². The Balaban J connectivity index is 1.41. The van der Waals surface area contributed by atoms with Gasteiger partial charge in [0.2, 0.25) is 0 Å². The van der Waals surface area contributed by atoms with Gasteiger partial charge in [-0.2, -0.15) is 5.26 Å². The average molecular weight is 587 g/mol. The molecule has 224 valence electrons. The lowest BCUT2D eigenvalue weighted by molar-refractivity contribution is -0.132. The van der Waals surface area contributed by atoms with Gasteiger partial charge in [0.1, 0.15) is 43.1 Å². The molecule has 1 aliphatic rings. The number of aliphatic carboxylic acids is 1. The number of nitriles is 1. The first kappa shape index (κ1) is 30.7. The second-order valence-electron chi connectivity index (χ2n) is 9.60. The van der Waals surface area contributed by atoms with Crippen molar-refractivity contribution in [3.63, 3.8) is 0 Å². The highest BCUT2D eigenvalue weighted by Crippen LogP contribution is 2.36. The number of carboxylic acid groups (broad SMARTS) is 1. The van der Waals surface area contributed by atoms with Crippen molar-refractivity contribution >= 4 is 12.0 Å². The van der Waals surface area contributed by atoms with Gasteiger partial charge < -0.3 is 40.0 Å². The molecule has 0 saturated heterocycles. The predicted molar refractivity (Wildman–Crippen MR) is 159 cm³/mol. The number of aryl methyl sites for hydroxylation is 1. The summed E-state index contributed by atoms with van der Waals surface area (Å²) >= 11 is 0. The molecule has 0 bridgehead atoms. The number of carboxylic acids is 1. The second kappa shape index (κ2) is 14.6. The highest BCUT2D eigenvalue weighted by molar-refractivity contribution is 5.91. The number of rotatable bonds is 13. The number of urea groups is 1. The third-order valence-corrected chi connectivity index (χ3v) is 6.58. The number of amides is 2. The third kappa shape index (κ3) is 7.96. The van der Waals surface area contributed by atoms with Gasteiger partial charge in [-0.15, -0.1) is 0 Å². The van der Waals surface area contributed by atoms with Crippen LogP contribution in [0.1, 0.15) is 29.2 Å². The second-order valence-corrected chi connectivity index (χ2v) is 9.60. The fourth-order valence-corrected chi connectivity index (χ4v) is 4.49. The van der Waals surface area contributed by atoms with Crippen molar-refractivity contribution in [2.75, 3.05) is 32.9 Å². The Morgan fingerprint density at radius 1 is 1.02 bits per heavy atom. The molecule has 0 atom stereocenters. The van der Waals surface area contributed by atoms with Gasteiger partial charge in [-0.25, -0.2) is 9.59 Å². The highest BCUT2D eigenvalue weighted by Gasteiger charge is 2.17. The molecule has 2 amide bonds. The predicted octanol–water partition coefficient (Wildman–Crippen LogP) is 4.27. The molecule has 0 aliphatic carbocycles. The number of hydrogen-bond acceptors (Lipinski definition) is 8. The largest absolute Gasteiger partial charge is 0.493 e. The summed E-state index contributed by atoms with van der Waals surface area (Å²) < 4.78 is 23.4. The molecule has 11 heteroatoms. The Kier molecular flexibility index (Phi) is 10.4. The zero-order valence-electron chi connectivity index (χ0n) is 24.1. The number of ether oxygens (including phenoxy) is 4. The minimum absolute atomic E-state index is 0.188. The summed E-state index contributed by atoms with van der Waals surface area (Å²) in [6, 6.07) is 16.9. The van der Waals surface area contributed by atoms with Gasteiger partial charge in [0, 0.05) is 36.8 Å². The van der Waals surface area contributed by atoms with Crippen LogP contribution in [0.15, 0.2) is 60.8 Å². The molecule has 3 aromatic rings. The maximum absolute atomic E-state index is 11.7. The van der Waals surface area contributed by atoms with Crippen LogP contribution in [0.2, 0.25) is 0 Å². The van der Waals surface area contributed by atoms with E-state index in [2.05, 4.69) is 28.6 Å². The molecule has 11 nitrogen and oxygen atoms in total. The van der Waals surface area contributed by atoms with E-state index in [1.54, 1.807) is 0 Å². The Morgan fingerprint density at radius 3 is 2.56 bits per heavy atom. The van der Waals surface area contributed by atoms with E-state index >= 15 is 0 Å². The molecule has 1 heterocycles. The summed E-state index contributed by atoms with van der Waals surface area (Å²) in [4.78, 5) is 22.5. The van der Waals surface area contributed by atoms with E-state index in [1.807, 2.05) is 62.4 Å². The van der Waals surface area contributed by atoms with E-state index in [9.17, 15) is 14.9 Å². The summed E-state index contributed by atoms with van der Waals surface area (Å²) in [6.07, 6.45) is 0. The monoisotopic (exact) mass is 586 g/mol. The standard InChI is InChI=1S/C32H34N4O7/c1-4-40-29-16-28(20(2)14-24(29)18-34-10-11-35-32(39)36-21(3)31(37)38)43-19-23-6-5-7-25(26(23)17-33)22-8-9-27-30(15-22)42-13-12-41-27/h5-9,14-16,34H,3-4,10-13,18-19H2,1-2H3,(H,37,38)(H2,35,36,39). The molecule has 0 saturated carbocycles. The summed E-state index contributed by atoms with van der Waals surface area (Å²) in [5, 5.41) is 26.8. The van der Waals surface area contributed by atoms with E-state index in [4.69, 9.17) is 24.1 Å². The number of carbonyl (C=O) groups is 2. The molecule has 3 aromatic carbocycles. The van der Waals surface area contributed by atoms with E-state index in [-0.39, 0.29) is 13.2 Å². The Bertz CT molecular complexity index is 1550. The fourth-order valence-electron chi connectivity index (χ4n) is 4.49. The van der Waals surface area contributed by atoms with Crippen molar-refractivity contribution in [1.82, 2.24) is 16.0 Å². The van der Waals surface area contributed by atoms with E-state index in [0.717, 1.165) is 27.8 Å². The Hall–Kier alpha value is -5.21. The summed E-state index contributed by atoms with van der Waals surface area (Å²) in [6.45, 7) is 9.91. The van der Waals surface area contributed by atoms with Gasteiger partial charge in [0.15, 0.2) is 11.5 Å². The first-order valence-electron chi connectivity index (χ1n) is 13.8. The van der Waals surface area contributed by atoms with Crippen LogP contribution in [0.3, 0.4) is 0 Å². The lowest BCUT2D eigenvalue weighted by Gasteiger charge is -2.19. The molecule has 4 rings (SSSR count). The molecule has 0 spiro atoms. The third-order valence-electron chi connectivity index (χ3n) is 6.58. The average Bonchev–Trinajstić information content (AvgIpc) is 3.00. The molecule has 0 aromatic heterocycles. The van der Waals surface area contributed by atoms with Crippen molar-refractivity contribution in [3.05, 3.63) is 83.1 Å². The van der Waals surface area contributed by atoms with E-state index in [0.29, 0.717) is 61.5 Å². The van der Waals surface area contributed by atoms with Crippen LogP contribution < -0.4 is 34.9 Å². The van der Waals surface area contributed by atoms with Crippen LogP contribution in [0.5, 0.6) is 23.0 Å². The molecular formula is C32H34N4O7. The number of nitrogens with one attached hydrogen (secondary N) is 3. The maximum Gasteiger partial charge on any atom is 0.351 e. The molecular weight excluding hydrogens is 552 g/mol. The van der Waals surface area contributed by atoms with Crippen molar-refractivity contribution in [2.45, 2.75) is 27.0 Å². The zero-order valence-corrected chi connectivity index (χ0v) is 24.1. The number of carbonyl (C=O) groups excluding carboxylic acids is 1. The van der Waals surface area contributed by atoms with Crippen molar-refractivity contribution < 1.29 is 33.6 Å². The van der Waals surface area contributed by atoms with Gasteiger partial charge in [-0.05, 0) is 48.7 Å². The minimum Gasteiger partial charge on any atom is -0.493 e. The minimum atomic E-state index is -1.30. The quantitative estimate of drug-likeness (QED) is 0.170. The van der Waals surface area contributed by atoms with Crippen LogP contribution in [0.4, 0.5) is 4.79 Å². The van der Waals surface area contributed by atoms with Crippen molar-refractivity contribution in [2.24, 2.45) is 0 Å². The van der Waals surface area contributed by atoms with Crippen molar-refractivity contribution in [3.8, 4) is 40.2 Å². The summed E-state index contributed by atoms with van der Waals surface area (Å²) in [5.41, 5.74) is 4.32. The lowest BCUT2D eigenvalue weighted by atomic mass is 9.96. The Morgan fingerprint density at radius 2 is 1.81 bits per heavy atom. The number of benzene rings is 3. The lowest BCUT2D eigenvalue weighted by Crippen LogP contribution is -2.39. The molecule has 4 N–H and O–H groups in total. The maximum atomic E-state index is 11.7. The van der Waals surface area contributed by atoms with Crippen molar-refractivity contribution in [1.29, 1.82) is 5.26 Å². The van der Waals surface area contributed by atoms with Gasteiger partial charge >= 0.3 is 12.0 Å². The van der Waals surface area contributed by atoms with E-state index < -0.39 is 17.7 Å². The van der Waals surface area contributed by atoms with Crippen LogP contribution in [-0.2, 0) is 17.9 Å². The van der Waals surface area contributed by atoms with Gasteiger partial charge in [0.25, 0.3) is 0 Å². The van der Waals surface area contributed by atoms with Crippen LogP contribution in [0.25, 0.3) is 11.1 Å². The molecule has 0 fully saturated rings. The fraction of sp³-hybridized carbons (Fsp3) is 0.281. The highest BCUT2D eigenvalue weighted by atomic mass is 16.6. The Labute approximate surface area is 250 Å². The topological polar surface area (TPSA) is 151 Å². The number of nitrogens with zero attached hydrogens (tertiary/aromatic N) is 1. The molecule has 43 heavy (non-hydrogen) atoms. The first-order chi connectivity index (χ1) is 20.8. The number of hydrogen-bond donors (Lipinski definition) is 4. The van der Waals surface area contributed by atoms with E-state index in [1.165, 1.54) is 0 Å². The van der Waals surface area contributed by atoms with Gasteiger partial charge in [-0.1, -0.05) is 30.8 Å². The van der Waals surface area contributed by atoms with Gasteiger partial charge in [0.05, 0.1) is 12.2 Å². The van der Waals surface area contributed by atoms with Crippen LogP contribution in [0, 0.1) is 18.3 Å². The normalized spacial score (nSPS) is 11.7. The number of fused-ring (bicyclic) bond motifs is 1. The molecule has 0 radical (unpaired) electrons. The first-order valence-corrected chi connectivity index (χ1v) is 13.8. The molecule has 1 aliphatic heterocycles. The van der Waals surface area contributed by atoms with Crippen LogP contribution in [-0.4, -0.2) is 50.0 Å². The molecule has 0 unspecified atom stereocenters. The van der Waals surface area contributed by atoms with Gasteiger partial charge in [-0.3, -0.25) is 0 Å². The smallest absolute Gasteiger partial charge is 0.351 e. The SMILES string of the molecule is C=C(NC(=O)NCCNCc1cc(C)c(OCc2cccc(-c3ccc4c(c3)OCCO4)c2C#N)cc1OCC)C(=O)O.